The van der Waals surface area contributed by atoms with E-state index >= 15 is 0 Å². The minimum atomic E-state index is -0.0200. The SMILES string of the molecule is CCCCOC(OCCCC)C1CCC2(CC1)CN(c1ccc([C@@H]3CCCN(c4ccc(Cl)c5c(C#N)c[nH]c45)C3)cc1)C2. The second-order valence-corrected chi connectivity index (χ2v) is 13.9. The third-order valence-electron chi connectivity index (χ3n) is 10.5. The molecule has 1 atom stereocenters. The van der Waals surface area contributed by atoms with Crippen LogP contribution in [0.4, 0.5) is 11.4 Å². The van der Waals surface area contributed by atoms with Gasteiger partial charge in [-0.2, -0.15) is 5.26 Å². The van der Waals surface area contributed by atoms with Crippen molar-refractivity contribution in [1.82, 2.24) is 4.98 Å². The van der Waals surface area contributed by atoms with E-state index in [4.69, 9.17) is 21.1 Å². The van der Waals surface area contributed by atoms with Gasteiger partial charge in [0.15, 0.2) is 6.29 Å². The molecule has 0 unspecified atom stereocenters. The Bertz CT molecular complexity index is 1400. The lowest BCUT2D eigenvalue weighted by Gasteiger charge is -2.55. The summed E-state index contributed by atoms with van der Waals surface area (Å²) >= 11 is 6.48. The minimum Gasteiger partial charge on any atom is -0.370 e. The molecular weight excluding hydrogens is 568 g/mol. The number of hydrogen-bond acceptors (Lipinski definition) is 5. The van der Waals surface area contributed by atoms with Crippen LogP contribution in [0.1, 0.15) is 95.1 Å². The Morgan fingerprint density at radius 2 is 1.68 bits per heavy atom. The number of anilines is 2. The number of aromatic nitrogens is 1. The average Bonchev–Trinajstić information content (AvgIpc) is 3.49. The number of nitrogens with zero attached hydrogens (tertiary/aromatic N) is 3. The number of benzene rings is 2. The summed E-state index contributed by atoms with van der Waals surface area (Å²) in [6, 6.07) is 15.7. The summed E-state index contributed by atoms with van der Waals surface area (Å²) in [7, 11) is 0. The van der Waals surface area contributed by atoms with E-state index in [-0.39, 0.29) is 6.29 Å². The number of halogens is 1. The molecule has 0 bridgehead atoms. The fraction of sp³-hybridized carbons (Fsp3) is 0.595. The largest absolute Gasteiger partial charge is 0.370 e. The fourth-order valence-corrected chi connectivity index (χ4v) is 8.02. The van der Waals surface area contributed by atoms with E-state index in [1.54, 1.807) is 6.20 Å². The lowest BCUT2D eigenvalue weighted by Crippen LogP contribution is -2.58. The highest BCUT2D eigenvalue weighted by Gasteiger charge is 2.46. The molecule has 2 saturated heterocycles. The van der Waals surface area contributed by atoms with Gasteiger partial charge < -0.3 is 24.3 Å². The molecular formula is C37H49ClN4O2. The third kappa shape index (κ3) is 6.62. The van der Waals surface area contributed by atoms with Gasteiger partial charge in [-0.25, -0.2) is 0 Å². The van der Waals surface area contributed by atoms with Crippen molar-refractivity contribution >= 4 is 33.9 Å². The monoisotopic (exact) mass is 616 g/mol. The number of aromatic amines is 1. The normalized spacial score (nSPS) is 20.4. The average molecular weight is 617 g/mol. The highest BCUT2D eigenvalue weighted by Crippen LogP contribution is 2.48. The molecule has 3 aromatic rings. The summed E-state index contributed by atoms with van der Waals surface area (Å²) in [6.07, 6.45) is 13.6. The van der Waals surface area contributed by atoms with Crippen LogP contribution < -0.4 is 9.80 Å². The number of piperidine rings is 1. The maximum Gasteiger partial charge on any atom is 0.160 e. The first-order valence-corrected chi connectivity index (χ1v) is 17.4. The molecule has 1 spiro atoms. The van der Waals surface area contributed by atoms with Crippen molar-refractivity contribution in [2.75, 3.05) is 49.2 Å². The first kappa shape index (κ1) is 31.3. The van der Waals surface area contributed by atoms with Crippen LogP contribution in [-0.4, -0.2) is 50.7 Å². The molecule has 44 heavy (non-hydrogen) atoms. The van der Waals surface area contributed by atoms with Crippen LogP contribution in [0.15, 0.2) is 42.6 Å². The van der Waals surface area contributed by atoms with Gasteiger partial charge in [-0.3, -0.25) is 0 Å². The lowest BCUT2D eigenvalue weighted by molar-refractivity contribution is -0.183. The van der Waals surface area contributed by atoms with E-state index < -0.39 is 0 Å². The zero-order valence-electron chi connectivity index (χ0n) is 26.6. The Labute approximate surface area is 268 Å². The standard InChI is InChI=1S/C37H49ClN4O2/c1-3-5-20-43-36(44-21-6-4-2)28-15-17-37(18-16-28)25-42(26-37)31-11-9-27(10-12-31)29-8-7-19-41(24-29)33-14-13-32(38)34-30(22-39)23-40-35(33)34/h9-14,23,28-29,36,40H,3-8,15-21,24-26H2,1-2H3/t29-/m1/s1. The molecule has 236 valence electrons. The molecule has 0 amide bonds. The van der Waals surface area contributed by atoms with Crippen molar-refractivity contribution < 1.29 is 9.47 Å². The maximum absolute atomic E-state index is 9.54. The predicted molar refractivity (Wildman–Crippen MR) is 181 cm³/mol. The summed E-state index contributed by atoms with van der Waals surface area (Å²) in [5.74, 6) is 1.02. The molecule has 2 aliphatic heterocycles. The zero-order valence-corrected chi connectivity index (χ0v) is 27.4. The number of fused-ring (bicyclic) bond motifs is 1. The second kappa shape index (κ2) is 14.1. The number of nitrogens with one attached hydrogen (secondary N) is 1. The highest BCUT2D eigenvalue weighted by atomic mass is 35.5. The summed E-state index contributed by atoms with van der Waals surface area (Å²) in [4.78, 5) is 8.36. The Balaban J connectivity index is 1.03. The third-order valence-corrected chi connectivity index (χ3v) is 10.8. The number of H-pyrrole nitrogens is 1. The van der Waals surface area contributed by atoms with Gasteiger partial charge >= 0.3 is 0 Å². The summed E-state index contributed by atoms with van der Waals surface area (Å²) in [6.45, 7) is 10.4. The Morgan fingerprint density at radius 3 is 2.34 bits per heavy atom. The van der Waals surface area contributed by atoms with Crippen molar-refractivity contribution in [1.29, 1.82) is 5.26 Å². The highest BCUT2D eigenvalue weighted by molar-refractivity contribution is 6.36. The van der Waals surface area contributed by atoms with E-state index in [9.17, 15) is 5.26 Å². The van der Waals surface area contributed by atoms with Gasteiger partial charge in [0.1, 0.15) is 6.07 Å². The maximum atomic E-state index is 9.54. The molecule has 3 fully saturated rings. The molecule has 0 radical (unpaired) electrons. The number of hydrogen-bond donors (Lipinski definition) is 1. The Morgan fingerprint density at radius 1 is 0.977 bits per heavy atom. The summed E-state index contributed by atoms with van der Waals surface area (Å²) in [5.41, 5.74) is 5.94. The van der Waals surface area contributed by atoms with Crippen LogP contribution in [0, 0.1) is 22.7 Å². The quantitative estimate of drug-likeness (QED) is 0.162. The molecule has 1 aliphatic carbocycles. The predicted octanol–water partition coefficient (Wildman–Crippen LogP) is 9.03. The van der Waals surface area contributed by atoms with Crippen molar-refractivity contribution in [2.45, 2.75) is 90.3 Å². The Hall–Kier alpha value is -2.72. The smallest absolute Gasteiger partial charge is 0.160 e. The molecule has 2 aromatic carbocycles. The van der Waals surface area contributed by atoms with E-state index in [1.807, 2.05) is 6.07 Å². The van der Waals surface area contributed by atoms with Crippen LogP contribution in [0.3, 0.4) is 0 Å². The number of nitriles is 1. The molecule has 3 aliphatic rings. The zero-order chi connectivity index (χ0) is 30.5. The number of rotatable bonds is 12. The van der Waals surface area contributed by atoms with Crippen LogP contribution in [0.2, 0.25) is 5.02 Å². The second-order valence-electron chi connectivity index (χ2n) is 13.5. The van der Waals surface area contributed by atoms with Gasteiger partial charge in [0.05, 0.1) is 21.8 Å². The van der Waals surface area contributed by atoms with Gasteiger partial charge in [0.25, 0.3) is 0 Å². The van der Waals surface area contributed by atoms with Crippen molar-refractivity contribution in [3.05, 3.63) is 58.7 Å². The molecule has 1 N–H and O–H groups in total. The molecule has 1 aromatic heterocycles. The first-order chi connectivity index (χ1) is 21.5. The molecule has 1 saturated carbocycles. The molecule has 6 rings (SSSR count). The van der Waals surface area contributed by atoms with Gasteiger partial charge in [-0.15, -0.1) is 0 Å². The Kier molecular flexibility index (Phi) is 10.1. The van der Waals surface area contributed by atoms with Gasteiger partial charge in [-0.1, -0.05) is 50.4 Å². The molecule has 6 nitrogen and oxygen atoms in total. The van der Waals surface area contributed by atoms with E-state index in [0.717, 1.165) is 75.0 Å². The van der Waals surface area contributed by atoms with Gasteiger partial charge in [0, 0.05) is 73.9 Å². The van der Waals surface area contributed by atoms with Gasteiger partial charge in [-0.05, 0) is 81.2 Å². The topological polar surface area (TPSA) is 64.5 Å². The van der Waals surface area contributed by atoms with Crippen LogP contribution in [-0.2, 0) is 9.47 Å². The van der Waals surface area contributed by atoms with Crippen molar-refractivity contribution in [2.24, 2.45) is 11.3 Å². The van der Waals surface area contributed by atoms with Crippen LogP contribution in [0.5, 0.6) is 0 Å². The number of unbranched alkanes of at least 4 members (excludes halogenated alkanes) is 2. The van der Waals surface area contributed by atoms with Crippen molar-refractivity contribution in [3.8, 4) is 6.07 Å². The van der Waals surface area contributed by atoms with Gasteiger partial charge in [0.2, 0.25) is 0 Å². The van der Waals surface area contributed by atoms with Crippen molar-refractivity contribution in [3.63, 3.8) is 0 Å². The first-order valence-electron chi connectivity index (χ1n) is 17.1. The molecule has 7 heteroatoms. The van der Waals surface area contributed by atoms with E-state index in [2.05, 4.69) is 65.0 Å². The van der Waals surface area contributed by atoms with E-state index in [0.29, 0.717) is 27.8 Å². The summed E-state index contributed by atoms with van der Waals surface area (Å²) in [5, 5.41) is 11.0. The van der Waals surface area contributed by atoms with Crippen LogP contribution in [0.25, 0.3) is 10.9 Å². The summed E-state index contributed by atoms with van der Waals surface area (Å²) < 4.78 is 12.5. The van der Waals surface area contributed by atoms with E-state index in [1.165, 1.54) is 56.4 Å². The minimum absolute atomic E-state index is 0.0200. The fourth-order valence-electron chi connectivity index (χ4n) is 7.76. The lowest BCUT2D eigenvalue weighted by atomic mass is 9.65. The van der Waals surface area contributed by atoms with Crippen LogP contribution >= 0.6 is 11.6 Å². The molecule has 3 heterocycles. The number of ether oxygens (including phenoxy) is 2.